The molecule has 2 rings (SSSR count). The summed E-state index contributed by atoms with van der Waals surface area (Å²) in [5.74, 6) is 0.658. The Hall–Kier alpha value is -1.52. The van der Waals surface area contributed by atoms with Gasteiger partial charge in [0.1, 0.15) is 12.4 Å². The van der Waals surface area contributed by atoms with Crippen LogP contribution in [-0.2, 0) is 19.7 Å². The van der Waals surface area contributed by atoms with Gasteiger partial charge in [-0.1, -0.05) is 23.7 Å². The van der Waals surface area contributed by atoms with E-state index in [1.165, 1.54) is 0 Å². The molecule has 0 aliphatic heterocycles. The summed E-state index contributed by atoms with van der Waals surface area (Å²) in [6.45, 7) is 3.74. The SMILES string of the molecule is CCn1cc(COc2c(Cl)cccc2CN)cn1. The fourth-order valence-electron chi connectivity index (χ4n) is 1.69. The molecule has 2 aromatic rings. The number of benzene rings is 1. The summed E-state index contributed by atoms with van der Waals surface area (Å²) >= 11 is 6.11. The summed E-state index contributed by atoms with van der Waals surface area (Å²) in [7, 11) is 0. The average molecular weight is 266 g/mol. The van der Waals surface area contributed by atoms with Crippen molar-refractivity contribution in [2.75, 3.05) is 0 Å². The minimum atomic E-state index is 0.407. The van der Waals surface area contributed by atoms with E-state index >= 15 is 0 Å². The van der Waals surface area contributed by atoms with Crippen molar-refractivity contribution in [3.8, 4) is 5.75 Å². The Morgan fingerprint density at radius 3 is 2.94 bits per heavy atom. The summed E-state index contributed by atoms with van der Waals surface area (Å²) in [5.41, 5.74) is 7.58. The third-order valence-corrected chi connectivity index (χ3v) is 2.96. The second-order valence-electron chi connectivity index (χ2n) is 3.93. The van der Waals surface area contributed by atoms with Gasteiger partial charge in [0.05, 0.1) is 11.2 Å². The summed E-state index contributed by atoms with van der Waals surface area (Å²) < 4.78 is 7.59. The average Bonchev–Trinajstić information content (AvgIpc) is 2.85. The van der Waals surface area contributed by atoms with E-state index < -0.39 is 0 Å². The highest BCUT2D eigenvalue weighted by atomic mass is 35.5. The minimum absolute atomic E-state index is 0.407. The normalized spacial score (nSPS) is 10.6. The van der Waals surface area contributed by atoms with E-state index in [1.807, 2.05) is 29.9 Å². The predicted octanol–water partition coefficient (Wildman–Crippen LogP) is 2.59. The van der Waals surface area contributed by atoms with Crippen molar-refractivity contribution in [1.29, 1.82) is 0 Å². The Morgan fingerprint density at radius 1 is 1.44 bits per heavy atom. The Balaban J connectivity index is 2.10. The Labute approximate surface area is 111 Å². The molecule has 0 aliphatic carbocycles. The third-order valence-electron chi connectivity index (χ3n) is 2.66. The number of ether oxygens (including phenoxy) is 1. The van der Waals surface area contributed by atoms with Crippen molar-refractivity contribution in [3.05, 3.63) is 46.7 Å². The van der Waals surface area contributed by atoms with Gasteiger partial charge < -0.3 is 10.5 Å². The predicted molar refractivity (Wildman–Crippen MR) is 71.6 cm³/mol. The van der Waals surface area contributed by atoms with E-state index in [2.05, 4.69) is 5.10 Å². The van der Waals surface area contributed by atoms with Crippen LogP contribution in [0.3, 0.4) is 0 Å². The first-order chi connectivity index (χ1) is 8.74. The lowest BCUT2D eigenvalue weighted by Crippen LogP contribution is -2.03. The summed E-state index contributed by atoms with van der Waals surface area (Å²) in [5, 5.41) is 4.78. The molecule has 0 amide bonds. The molecule has 1 aromatic carbocycles. The quantitative estimate of drug-likeness (QED) is 0.904. The van der Waals surface area contributed by atoms with Crippen LogP contribution >= 0.6 is 11.6 Å². The second kappa shape index (κ2) is 5.89. The van der Waals surface area contributed by atoms with Crippen molar-refractivity contribution in [2.45, 2.75) is 26.6 Å². The number of nitrogens with zero attached hydrogens (tertiary/aromatic N) is 2. The molecule has 5 heteroatoms. The van der Waals surface area contributed by atoms with Gasteiger partial charge in [0.15, 0.2) is 0 Å². The number of hydrogen-bond acceptors (Lipinski definition) is 3. The first-order valence-corrected chi connectivity index (χ1v) is 6.24. The van der Waals surface area contributed by atoms with E-state index in [0.717, 1.165) is 17.7 Å². The minimum Gasteiger partial charge on any atom is -0.487 e. The molecule has 18 heavy (non-hydrogen) atoms. The first kappa shape index (κ1) is 12.9. The van der Waals surface area contributed by atoms with E-state index in [9.17, 15) is 0 Å². The summed E-state index contributed by atoms with van der Waals surface area (Å²) in [4.78, 5) is 0. The highest BCUT2D eigenvalue weighted by Gasteiger charge is 2.08. The zero-order chi connectivity index (χ0) is 13.0. The maximum atomic E-state index is 6.11. The highest BCUT2D eigenvalue weighted by molar-refractivity contribution is 6.32. The van der Waals surface area contributed by atoms with E-state index in [1.54, 1.807) is 12.3 Å². The van der Waals surface area contributed by atoms with Gasteiger partial charge in [0, 0.05) is 30.4 Å². The monoisotopic (exact) mass is 265 g/mol. The van der Waals surface area contributed by atoms with Gasteiger partial charge in [-0.25, -0.2) is 0 Å². The molecule has 1 aromatic heterocycles. The van der Waals surface area contributed by atoms with Crippen molar-refractivity contribution in [2.24, 2.45) is 5.73 Å². The lowest BCUT2D eigenvalue weighted by molar-refractivity contribution is 0.303. The topological polar surface area (TPSA) is 53.1 Å². The Kier molecular flexibility index (Phi) is 4.23. The fraction of sp³-hybridized carbons (Fsp3) is 0.308. The largest absolute Gasteiger partial charge is 0.487 e. The number of nitrogens with two attached hydrogens (primary N) is 1. The molecule has 0 aliphatic rings. The van der Waals surface area contributed by atoms with Crippen molar-refractivity contribution >= 4 is 11.6 Å². The maximum Gasteiger partial charge on any atom is 0.142 e. The van der Waals surface area contributed by atoms with Crippen LogP contribution in [0.4, 0.5) is 0 Å². The number of hydrogen-bond donors (Lipinski definition) is 1. The molecule has 0 saturated carbocycles. The number of halogens is 1. The molecule has 2 N–H and O–H groups in total. The van der Waals surface area contributed by atoms with Crippen molar-refractivity contribution in [1.82, 2.24) is 9.78 Å². The van der Waals surface area contributed by atoms with Crippen LogP contribution in [0.5, 0.6) is 5.75 Å². The molecule has 0 atom stereocenters. The van der Waals surface area contributed by atoms with Gasteiger partial charge in [-0.3, -0.25) is 4.68 Å². The number of aryl methyl sites for hydroxylation is 1. The summed E-state index contributed by atoms with van der Waals surface area (Å²) in [6, 6.07) is 5.58. The molecule has 96 valence electrons. The molecule has 0 unspecified atom stereocenters. The Bertz CT molecular complexity index is 525. The van der Waals surface area contributed by atoms with E-state index in [0.29, 0.717) is 23.9 Å². The standard InChI is InChI=1S/C13H16ClN3O/c1-2-17-8-10(7-16-17)9-18-13-11(6-15)4-3-5-12(13)14/h3-5,7-8H,2,6,9,15H2,1H3. The van der Waals surface area contributed by atoms with E-state index in [-0.39, 0.29) is 0 Å². The van der Waals surface area contributed by atoms with Crippen molar-refractivity contribution < 1.29 is 4.74 Å². The van der Waals surface area contributed by atoms with Crippen molar-refractivity contribution in [3.63, 3.8) is 0 Å². The van der Waals surface area contributed by atoms with Gasteiger partial charge in [-0.2, -0.15) is 5.10 Å². The van der Waals surface area contributed by atoms with Gasteiger partial charge in [0.2, 0.25) is 0 Å². The second-order valence-corrected chi connectivity index (χ2v) is 4.33. The molecular weight excluding hydrogens is 250 g/mol. The lowest BCUT2D eigenvalue weighted by Gasteiger charge is -2.11. The molecule has 0 radical (unpaired) electrons. The maximum absolute atomic E-state index is 6.11. The van der Waals surface area contributed by atoms with Gasteiger partial charge in [-0.05, 0) is 13.0 Å². The van der Waals surface area contributed by atoms with Crippen LogP contribution in [-0.4, -0.2) is 9.78 Å². The van der Waals surface area contributed by atoms with Crippen LogP contribution in [0.1, 0.15) is 18.1 Å². The number of para-hydroxylation sites is 1. The lowest BCUT2D eigenvalue weighted by atomic mass is 10.2. The van der Waals surface area contributed by atoms with Crippen LogP contribution in [0, 0.1) is 0 Å². The van der Waals surface area contributed by atoms with E-state index in [4.69, 9.17) is 22.1 Å². The smallest absolute Gasteiger partial charge is 0.142 e. The van der Waals surface area contributed by atoms with Crippen LogP contribution in [0.25, 0.3) is 0 Å². The van der Waals surface area contributed by atoms with Gasteiger partial charge >= 0.3 is 0 Å². The number of rotatable bonds is 5. The molecule has 0 fully saturated rings. The number of aromatic nitrogens is 2. The van der Waals surface area contributed by atoms with Crippen LogP contribution < -0.4 is 10.5 Å². The first-order valence-electron chi connectivity index (χ1n) is 5.86. The van der Waals surface area contributed by atoms with Gasteiger partial charge in [0.25, 0.3) is 0 Å². The summed E-state index contributed by atoms with van der Waals surface area (Å²) in [6.07, 6.45) is 3.75. The molecule has 0 bridgehead atoms. The zero-order valence-corrected chi connectivity index (χ0v) is 11.0. The Morgan fingerprint density at radius 2 is 2.28 bits per heavy atom. The van der Waals surface area contributed by atoms with Crippen LogP contribution in [0.2, 0.25) is 5.02 Å². The van der Waals surface area contributed by atoms with Gasteiger partial charge in [-0.15, -0.1) is 0 Å². The molecular formula is C13H16ClN3O. The molecule has 4 nitrogen and oxygen atoms in total. The third kappa shape index (κ3) is 2.83. The highest BCUT2D eigenvalue weighted by Crippen LogP contribution is 2.29. The molecule has 0 saturated heterocycles. The zero-order valence-electron chi connectivity index (χ0n) is 10.3. The molecule has 0 spiro atoms. The fourth-order valence-corrected chi connectivity index (χ4v) is 1.93. The molecule has 1 heterocycles. The van der Waals surface area contributed by atoms with Crippen LogP contribution in [0.15, 0.2) is 30.6 Å².